The Morgan fingerprint density at radius 3 is 2.69 bits per heavy atom. The Morgan fingerprint density at radius 2 is 2.06 bits per heavy atom. The molecule has 0 saturated carbocycles. The van der Waals surface area contributed by atoms with Gasteiger partial charge in [0.15, 0.2) is 0 Å². The van der Waals surface area contributed by atoms with Gasteiger partial charge in [0.05, 0.1) is 6.61 Å². The van der Waals surface area contributed by atoms with E-state index in [-0.39, 0.29) is 12.4 Å². The van der Waals surface area contributed by atoms with Gasteiger partial charge in [0.1, 0.15) is 12.4 Å². The highest BCUT2D eigenvalue weighted by atomic mass is 16.6. The summed E-state index contributed by atoms with van der Waals surface area (Å²) in [6.45, 7) is 3.59. The number of esters is 2. The minimum Gasteiger partial charge on any atom is -0.460 e. The van der Waals surface area contributed by atoms with Crippen LogP contribution in [0.5, 0.6) is 0 Å². The summed E-state index contributed by atoms with van der Waals surface area (Å²) in [5.74, 6) is -0.364. The van der Waals surface area contributed by atoms with Crippen molar-refractivity contribution in [1.29, 1.82) is 0 Å². The molecule has 5 heteroatoms. The lowest BCUT2D eigenvalue weighted by molar-refractivity contribution is -0.142. The molecule has 0 atom stereocenters. The molecule has 0 N–H and O–H groups in total. The molecule has 88 valence electrons. The molecule has 5 nitrogen and oxygen atoms in total. The number of carbonyl (C=O) groups is 2. The first-order valence-corrected chi connectivity index (χ1v) is 5.02. The molecule has 0 aliphatic rings. The molecule has 0 unspecified atom stereocenters. The lowest BCUT2D eigenvalue weighted by Gasteiger charge is -2.00. The van der Waals surface area contributed by atoms with Crippen LogP contribution in [0.3, 0.4) is 0 Å². The summed E-state index contributed by atoms with van der Waals surface area (Å²) in [6.07, 6.45) is 0.757. The SMILES string of the molecule is CCCOC(=O)c1ccc(COC(C)=O)o1. The van der Waals surface area contributed by atoms with Crippen LogP contribution in [0.25, 0.3) is 0 Å². The van der Waals surface area contributed by atoms with E-state index in [1.54, 1.807) is 6.07 Å². The molecular weight excluding hydrogens is 212 g/mol. The molecule has 1 rings (SSSR count). The average Bonchev–Trinajstić information content (AvgIpc) is 2.71. The van der Waals surface area contributed by atoms with Gasteiger partial charge in [0, 0.05) is 6.92 Å². The van der Waals surface area contributed by atoms with Gasteiger partial charge >= 0.3 is 11.9 Å². The maximum absolute atomic E-state index is 11.3. The van der Waals surface area contributed by atoms with E-state index in [4.69, 9.17) is 13.9 Å². The number of furan rings is 1. The first kappa shape index (κ1) is 12.3. The van der Waals surface area contributed by atoms with Crippen LogP contribution < -0.4 is 0 Å². The number of hydrogen-bond donors (Lipinski definition) is 0. The minimum atomic E-state index is -0.504. The second-order valence-corrected chi connectivity index (χ2v) is 3.18. The summed E-state index contributed by atoms with van der Waals surface area (Å²) in [6, 6.07) is 3.07. The van der Waals surface area contributed by atoms with E-state index in [1.165, 1.54) is 13.0 Å². The zero-order chi connectivity index (χ0) is 12.0. The summed E-state index contributed by atoms with van der Waals surface area (Å²) in [4.78, 5) is 21.9. The molecule has 0 aromatic carbocycles. The molecular formula is C11H14O5. The van der Waals surface area contributed by atoms with Crippen LogP contribution in [0.2, 0.25) is 0 Å². The van der Waals surface area contributed by atoms with Crippen LogP contribution >= 0.6 is 0 Å². The maximum Gasteiger partial charge on any atom is 0.374 e. The fraction of sp³-hybridized carbons (Fsp3) is 0.455. The summed E-state index contributed by atoms with van der Waals surface area (Å²) in [5.41, 5.74) is 0. The summed E-state index contributed by atoms with van der Waals surface area (Å²) in [7, 11) is 0. The van der Waals surface area contributed by atoms with Crippen molar-refractivity contribution < 1.29 is 23.5 Å². The van der Waals surface area contributed by atoms with Crippen LogP contribution in [-0.2, 0) is 20.9 Å². The molecule has 1 aromatic heterocycles. The summed E-state index contributed by atoms with van der Waals surface area (Å²) >= 11 is 0. The van der Waals surface area contributed by atoms with Crippen LogP contribution in [0.4, 0.5) is 0 Å². The smallest absolute Gasteiger partial charge is 0.374 e. The highest BCUT2D eigenvalue weighted by Gasteiger charge is 2.12. The molecule has 0 aliphatic carbocycles. The van der Waals surface area contributed by atoms with Gasteiger partial charge in [-0.25, -0.2) is 4.79 Å². The Hall–Kier alpha value is -1.78. The second kappa shape index (κ2) is 5.95. The first-order valence-electron chi connectivity index (χ1n) is 5.02. The molecule has 1 aromatic rings. The molecule has 0 amide bonds. The number of ether oxygens (including phenoxy) is 2. The predicted octanol–water partition coefficient (Wildman–Crippen LogP) is 1.91. The highest BCUT2D eigenvalue weighted by Crippen LogP contribution is 2.10. The van der Waals surface area contributed by atoms with Gasteiger partial charge in [-0.05, 0) is 18.6 Å². The fourth-order valence-electron chi connectivity index (χ4n) is 1.00. The third-order valence-corrected chi connectivity index (χ3v) is 1.72. The van der Waals surface area contributed by atoms with Gasteiger partial charge in [-0.15, -0.1) is 0 Å². The van der Waals surface area contributed by atoms with E-state index >= 15 is 0 Å². The van der Waals surface area contributed by atoms with Crippen molar-refractivity contribution >= 4 is 11.9 Å². The quantitative estimate of drug-likeness (QED) is 0.717. The van der Waals surface area contributed by atoms with Crippen molar-refractivity contribution in [3.05, 3.63) is 23.7 Å². The molecule has 0 fully saturated rings. The van der Waals surface area contributed by atoms with E-state index in [2.05, 4.69) is 0 Å². The van der Waals surface area contributed by atoms with Gasteiger partial charge in [-0.1, -0.05) is 6.92 Å². The molecule has 0 radical (unpaired) electrons. The van der Waals surface area contributed by atoms with Crippen molar-refractivity contribution in [1.82, 2.24) is 0 Å². The first-order chi connectivity index (χ1) is 7.63. The standard InChI is InChI=1S/C11H14O5/c1-3-6-14-11(13)10-5-4-9(16-10)7-15-8(2)12/h4-5H,3,6-7H2,1-2H3. The van der Waals surface area contributed by atoms with Gasteiger partial charge in [-0.3, -0.25) is 4.79 Å². The van der Waals surface area contributed by atoms with Gasteiger partial charge in [0.2, 0.25) is 5.76 Å². The lowest BCUT2D eigenvalue weighted by atomic mass is 10.4. The van der Waals surface area contributed by atoms with E-state index < -0.39 is 11.9 Å². The summed E-state index contributed by atoms with van der Waals surface area (Å²) < 4.78 is 14.7. The molecule has 16 heavy (non-hydrogen) atoms. The van der Waals surface area contributed by atoms with Crippen molar-refractivity contribution in [3.63, 3.8) is 0 Å². The molecule has 0 saturated heterocycles. The zero-order valence-electron chi connectivity index (χ0n) is 9.32. The zero-order valence-corrected chi connectivity index (χ0v) is 9.32. The fourth-order valence-corrected chi connectivity index (χ4v) is 1.00. The van der Waals surface area contributed by atoms with Gasteiger partial charge in [-0.2, -0.15) is 0 Å². The highest BCUT2D eigenvalue weighted by molar-refractivity contribution is 5.86. The largest absolute Gasteiger partial charge is 0.460 e. The molecule has 0 aliphatic heterocycles. The van der Waals surface area contributed by atoms with Gasteiger partial charge in [0.25, 0.3) is 0 Å². The maximum atomic E-state index is 11.3. The number of hydrogen-bond acceptors (Lipinski definition) is 5. The third-order valence-electron chi connectivity index (χ3n) is 1.72. The normalized spacial score (nSPS) is 9.88. The Balaban J connectivity index is 2.50. The molecule has 0 spiro atoms. The Morgan fingerprint density at radius 1 is 1.31 bits per heavy atom. The summed E-state index contributed by atoms with van der Waals surface area (Å²) in [5, 5.41) is 0. The van der Waals surface area contributed by atoms with E-state index in [0.29, 0.717) is 12.4 Å². The second-order valence-electron chi connectivity index (χ2n) is 3.18. The molecule has 0 bridgehead atoms. The van der Waals surface area contributed by atoms with Crippen LogP contribution in [0.1, 0.15) is 36.6 Å². The average molecular weight is 226 g/mol. The number of rotatable bonds is 5. The lowest BCUT2D eigenvalue weighted by Crippen LogP contribution is -2.04. The number of carbonyl (C=O) groups excluding carboxylic acids is 2. The van der Waals surface area contributed by atoms with Crippen molar-refractivity contribution in [2.24, 2.45) is 0 Å². The van der Waals surface area contributed by atoms with Gasteiger partial charge < -0.3 is 13.9 Å². The van der Waals surface area contributed by atoms with Crippen LogP contribution in [-0.4, -0.2) is 18.5 Å². The van der Waals surface area contributed by atoms with E-state index in [1.807, 2.05) is 6.92 Å². The Kier molecular flexibility index (Phi) is 4.57. The monoisotopic (exact) mass is 226 g/mol. The minimum absolute atomic E-state index is 0.0242. The topological polar surface area (TPSA) is 65.7 Å². The third kappa shape index (κ3) is 3.76. The Bertz CT molecular complexity index is 366. The Labute approximate surface area is 93.3 Å². The predicted molar refractivity (Wildman–Crippen MR) is 54.8 cm³/mol. The van der Waals surface area contributed by atoms with Crippen LogP contribution in [0.15, 0.2) is 16.5 Å². The van der Waals surface area contributed by atoms with E-state index in [0.717, 1.165) is 6.42 Å². The van der Waals surface area contributed by atoms with Crippen molar-refractivity contribution in [2.45, 2.75) is 26.9 Å². The molecule has 1 heterocycles. The van der Waals surface area contributed by atoms with E-state index in [9.17, 15) is 9.59 Å². The van der Waals surface area contributed by atoms with Crippen molar-refractivity contribution in [2.75, 3.05) is 6.61 Å². The van der Waals surface area contributed by atoms with Crippen LogP contribution in [0, 0.1) is 0 Å². The van der Waals surface area contributed by atoms with Crippen molar-refractivity contribution in [3.8, 4) is 0 Å².